The van der Waals surface area contributed by atoms with Crippen LogP contribution in [-0.2, 0) is 4.74 Å². The van der Waals surface area contributed by atoms with E-state index in [0.717, 1.165) is 6.42 Å². The first kappa shape index (κ1) is 13.1. The summed E-state index contributed by atoms with van der Waals surface area (Å²) < 4.78 is 5.39. The van der Waals surface area contributed by atoms with Crippen molar-refractivity contribution in [2.24, 2.45) is 0 Å². The number of ether oxygens (including phenoxy) is 1. The molecule has 0 aromatic carbocycles. The Morgan fingerprint density at radius 3 is 2.62 bits per heavy atom. The number of H-pyrrole nitrogens is 1. The monoisotopic (exact) mass is 227 g/mol. The van der Waals surface area contributed by atoms with Gasteiger partial charge in [0.1, 0.15) is 0 Å². The number of hydrogen-bond donors (Lipinski definition) is 2. The van der Waals surface area contributed by atoms with Crippen molar-refractivity contribution >= 4 is 0 Å². The largest absolute Gasteiger partial charge is 0.379 e. The Morgan fingerprint density at radius 1 is 1.44 bits per heavy atom. The van der Waals surface area contributed by atoms with Crippen LogP contribution in [0.4, 0.5) is 0 Å². The smallest absolute Gasteiger partial charge is 0.191 e. The molecule has 0 saturated carbocycles. The highest BCUT2D eigenvalue weighted by Crippen LogP contribution is 2.17. The molecule has 6 nitrogen and oxygen atoms in total. The van der Waals surface area contributed by atoms with E-state index in [4.69, 9.17) is 4.74 Å². The van der Waals surface area contributed by atoms with Crippen molar-refractivity contribution in [1.29, 1.82) is 0 Å². The van der Waals surface area contributed by atoms with E-state index in [1.807, 2.05) is 6.92 Å². The van der Waals surface area contributed by atoms with E-state index < -0.39 is 0 Å². The Labute approximate surface area is 96.2 Å². The second-order valence-corrected chi connectivity index (χ2v) is 4.73. The maximum atomic E-state index is 5.39. The van der Waals surface area contributed by atoms with E-state index in [0.29, 0.717) is 11.9 Å². The van der Waals surface area contributed by atoms with E-state index >= 15 is 0 Å². The summed E-state index contributed by atoms with van der Waals surface area (Å²) in [6.07, 6.45) is 0.922. The van der Waals surface area contributed by atoms with Gasteiger partial charge in [0.25, 0.3) is 0 Å². The second-order valence-electron chi connectivity index (χ2n) is 4.73. The van der Waals surface area contributed by atoms with Crippen molar-refractivity contribution < 1.29 is 4.74 Å². The van der Waals surface area contributed by atoms with Gasteiger partial charge in [0, 0.05) is 13.2 Å². The molecule has 0 aliphatic carbocycles. The third kappa shape index (κ3) is 3.86. The number of methoxy groups -OCH3 is 1. The van der Waals surface area contributed by atoms with Gasteiger partial charge in [0.05, 0.1) is 11.6 Å². The SMILES string of the molecule is COC(C)(C)CC(C)NC(C)c1nn[nH]n1. The molecule has 2 atom stereocenters. The van der Waals surface area contributed by atoms with Gasteiger partial charge in [0.2, 0.25) is 0 Å². The average molecular weight is 227 g/mol. The van der Waals surface area contributed by atoms with Crippen molar-refractivity contribution in [1.82, 2.24) is 25.9 Å². The Kier molecular flexibility index (Phi) is 4.37. The van der Waals surface area contributed by atoms with Crippen LogP contribution in [0.5, 0.6) is 0 Å². The summed E-state index contributed by atoms with van der Waals surface area (Å²) >= 11 is 0. The number of rotatable bonds is 6. The summed E-state index contributed by atoms with van der Waals surface area (Å²) in [5.74, 6) is 0.682. The van der Waals surface area contributed by atoms with E-state index in [-0.39, 0.29) is 11.6 Å². The fourth-order valence-corrected chi connectivity index (χ4v) is 1.73. The lowest BCUT2D eigenvalue weighted by atomic mass is 9.99. The molecule has 0 saturated heterocycles. The van der Waals surface area contributed by atoms with Crippen LogP contribution in [0.25, 0.3) is 0 Å². The molecule has 0 fully saturated rings. The molecule has 1 rings (SSSR count). The zero-order chi connectivity index (χ0) is 12.2. The van der Waals surface area contributed by atoms with E-state index in [1.54, 1.807) is 7.11 Å². The van der Waals surface area contributed by atoms with Crippen LogP contribution in [0.3, 0.4) is 0 Å². The summed E-state index contributed by atoms with van der Waals surface area (Å²) in [6.45, 7) is 8.28. The van der Waals surface area contributed by atoms with Crippen LogP contribution < -0.4 is 5.32 Å². The fraction of sp³-hybridized carbons (Fsp3) is 0.900. The van der Waals surface area contributed by atoms with Gasteiger partial charge in [-0.1, -0.05) is 5.21 Å². The van der Waals surface area contributed by atoms with Gasteiger partial charge >= 0.3 is 0 Å². The van der Waals surface area contributed by atoms with Crippen LogP contribution in [0.1, 0.15) is 46.0 Å². The van der Waals surface area contributed by atoms with E-state index in [2.05, 4.69) is 46.7 Å². The second kappa shape index (κ2) is 5.36. The highest BCUT2D eigenvalue weighted by molar-refractivity contribution is 4.88. The predicted molar refractivity (Wildman–Crippen MR) is 60.9 cm³/mol. The van der Waals surface area contributed by atoms with E-state index in [1.165, 1.54) is 0 Å². The Bertz CT molecular complexity index is 298. The molecule has 0 amide bonds. The van der Waals surface area contributed by atoms with Gasteiger partial charge < -0.3 is 10.1 Å². The Morgan fingerprint density at radius 2 is 2.12 bits per heavy atom. The van der Waals surface area contributed by atoms with Crippen LogP contribution in [0, 0.1) is 0 Å². The molecule has 0 bridgehead atoms. The minimum Gasteiger partial charge on any atom is -0.379 e. The summed E-state index contributed by atoms with van der Waals surface area (Å²) in [5.41, 5.74) is -0.122. The molecular formula is C10H21N5O. The molecule has 1 aromatic rings. The molecule has 1 heterocycles. The number of hydrogen-bond acceptors (Lipinski definition) is 5. The fourth-order valence-electron chi connectivity index (χ4n) is 1.73. The van der Waals surface area contributed by atoms with Crippen LogP contribution >= 0.6 is 0 Å². The van der Waals surface area contributed by atoms with Crippen molar-refractivity contribution in [3.8, 4) is 0 Å². The first-order valence-electron chi connectivity index (χ1n) is 5.49. The highest BCUT2D eigenvalue weighted by atomic mass is 16.5. The average Bonchev–Trinajstić information content (AvgIpc) is 2.69. The van der Waals surface area contributed by atoms with Gasteiger partial charge in [-0.05, 0) is 34.1 Å². The summed E-state index contributed by atoms with van der Waals surface area (Å²) in [5, 5.41) is 17.3. The lowest BCUT2D eigenvalue weighted by Crippen LogP contribution is -2.37. The number of aromatic nitrogens is 4. The zero-order valence-corrected chi connectivity index (χ0v) is 10.6. The van der Waals surface area contributed by atoms with Gasteiger partial charge in [-0.3, -0.25) is 0 Å². The predicted octanol–water partition coefficient (Wildman–Crippen LogP) is 1.05. The summed E-state index contributed by atoms with van der Waals surface area (Å²) in [4.78, 5) is 0. The number of aromatic amines is 1. The van der Waals surface area contributed by atoms with Crippen LogP contribution in [0.2, 0.25) is 0 Å². The Balaban J connectivity index is 2.43. The molecule has 0 aliphatic heterocycles. The van der Waals surface area contributed by atoms with Gasteiger partial charge in [0.15, 0.2) is 5.82 Å². The number of tetrazole rings is 1. The maximum Gasteiger partial charge on any atom is 0.191 e. The first-order valence-corrected chi connectivity index (χ1v) is 5.49. The van der Waals surface area contributed by atoms with Gasteiger partial charge in [-0.15, -0.1) is 10.2 Å². The van der Waals surface area contributed by atoms with Crippen LogP contribution in [0.15, 0.2) is 0 Å². The third-order valence-electron chi connectivity index (χ3n) is 2.63. The zero-order valence-electron chi connectivity index (χ0n) is 10.6. The van der Waals surface area contributed by atoms with Gasteiger partial charge in [-0.2, -0.15) is 5.21 Å². The molecule has 92 valence electrons. The molecule has 0 aliphatic rings. The molecule has 16 heavy (non-hydrogen) atoms. The molecule has 1 aromatic heterocycles. The van der Waals surface area contributed by atoms with Crippen molar-refractivity contribution in [2.45, 2.75) is 51.8 Å². The minimum absolute atomic E-state index is 0.0846. The van der Waals surface area contributed by atoms with Gasteiger partial charge in [-0.25, -0.2) is 0 Å². The third-order valence-corrected chi connectivity index (χ3v) is 2.63. The lowest BCUT2D eigenvalue weighted by molar-refractivity contribution is 0.00774. The topological polar surface area (TPSA) is 75.7 Å². The van der Waals surface area contributed by atoms with Crippen LogP contribution in [-0.4, -0.2) is 39.4 Å². The standard InChI is InChI=1S/C10H21N5O/c1-7(6-10(3,4)16-5)11-8(2)9-12-14-15-13-9/h7-8,11H,6H2,1-5H3,(H,12,13,14,15). The Hall–Kier alpha value is -1.01. The summed E-state index contributed by atoms with van der Waals surface area (Å²) in [7, 11) is 1.73. The van der Waals surface area contributed by atoms with Crippen molar-refractivity contribution in [3.63, 3.8) is 0 Å². The number of nitrogens with one attached hydrogen (secondary N) is 2. The van der Waals surface area contributed by atoms with Crippen molar-refractivity contribution in [2.75, 3.05) is 7.11 Å². The molecule has 0 radical (unpaired) electrons. The molecule has 2 N–H and O–H groups in total. The van der Waals surface area contributed by atoms with Crippen molar-refractivity contribution in [3.05, 3.63) is 5.82 Å². The molecular weight excluding hydrogens is 206 g/mol. The molecule has 6 heteroatoms. The number of nitrogens with zero attached hydrogens (tertiary/aromatic N) is 3. The minimum atomic E-state index is -0.122. The quantitative estimate of drug-likeness (QED) is 0.760. The highest BCUT2D eigenvalue weighted by Gasteiger charge is 2.22. The lowest BCUT2D eigenvalue weighted by Gasteiger charge is -2.28. The van der Waals surface area contributed by atoms with E-state index in [9.17, 15) is 0 Å². The normalized spacial score (nSPS) is 16.1. The summed E-state index contributed by atoms with van der Waals surface area (Å²) in [6, 6.07) is 0.407. The molecule has 2 unspecified atom stereocenters. The molecule has 0 spiro atoms. The maximum absolute atomic E-state index is 5.39. The first-order chi connectivity index (χ1) is 7.44.